The van der Waals surface area contributed by atoms with Crippen molar-refractivity contribution in [2.75, 3.05) is 40.5 Å². The summed E-state index contributed by atoms with van der Waals surface area (Å²) >= 11 is 0. The molecule has 0 amide bonds. The SMILES string of the molecule is CN=C(NCCCOCC1CCCO1)NCc1ccc(COC)cc1. The van der Waals surface area contributed by atoms with Crippen LogP contribution in [-0.4, -0.2) is 52.6 Å². The van der Waals surface area contributed by atoms with Gasteiger partial charge in [0, 0.05) is 40.5 Å². The van der Waals surface area contributed by atoms with Crippen molar-refractivity contribution in [3.05, 3.63) is 35.4 Å². The molecule has 6 heteroatoms. The standard InChI is InChI=1S/C19H31N3O3/c1-20-19(21-10-4-11-24-15-18-5-3-12-25-18)22-13-16-6-8-17(9-7-16)14-23-2/h6-9,18H,3-5,10-15H2,1-2H3,(H2,20,21,22). The lowest BCUT2D eigenvalue weighted by molar-refractivity contribution is 0.0168. The van der Waals surface area contributed by atoms with Crippen molar-refractivity contribution in [1.82, 2.24) is 10.6 Å². The van der Waals surface area contributed by atoms with Gasteiger partial charge in [0.1, 0.15) is 0 Å². The molecule has 1 aromatic rings. The van der Waals surface area contributed by atoms with Gasteiger partial charge in [-0.15, -0.1) is 0 Å². The second-order valence-corrected chi connectivity index (χ2v) is 6.17. The molecule has 2 N–H and O–H groups in total. The first-order valence-electron chi connectivity index (χ1n) is 9.02. The number of ether oxygens (including phenoxy) is 3. The third-order valence-corrected chi connectivity index (χ3v) is 4.10. The minimum Gasteiger partial charge on any atom is -0.380 e. The highest BCUT2D eigenvalue weighted by Crippen LogP contribution is 2.11. The van der Waals surface area contributed by atoms with Gasteiger partial charge in [-0.1, -0.05) is 24.3 Å². The summed E-state index contributed by atoms with van der Waals surface area (Å²) in [6, 6.07) is 8.38. The Kier molecular flexibility index (Phi) is 9.33. The number of methoxy groups -OCH3 is 1. The lowest BCUT2D eigenvalue weighted by Crippen LogP contribution is -2.37. The number of hydrogen-bond donors (Lipinski definition) is 2. The molecule has 6 nitrogen and oxygen atoms in total. The molecule has 0 spiro atoms. The normalized spacial score (nSPS) is 17.7. The fraction of sp³-hybridized carbons (Fsp3) is 0.632. The first kappa shape index (κ1) is 19.7. The molecular formula is C19H31N3O3. The topological polar surface area (TPSA) is 64.1 Å². The van der Waals surface area contributed by atoms with Gasteiger partial charge in [-0.2, -0.15) is 0 Å². The van der Waals surface area contributed by atoms with Gasteiger partial charge in [0.15, 0.2) is 5.96 Å². The van der Waals surface area contributed by atoms with Crippen LogP contribution in [0.25, 0.3) is 0 Å². The monoisotopic (exact) mass is 349 g/mol. The van der Waals surface area contributed by atoms with Crippen molar-refractivity contribution in [3.63, 3.8) is 0 Å². The molecule has 0 aromatic heterocycles. The molecule has 1 heterocycles. The molecule has 1 unspecified atom stereocenters. The highest BCUT2D eigenvalue weighted by molar-refractivity contribution is 5.79. The smallest absolute Gasteiger partial charge is 0.191 e. The highest BCUT2D eigenvalue weighted by Gasteiger charge is 2.14. The number of nitrogens with zero attached hydrogens (tertiary/aromatic N) is 1. The van der Waals surface area contributed by atoms with Crippen LogP contribution in [0.3, 0.4) is 0 Å². The van der Waals surface area contributed by atoms with Gasteiger partial charge in [-0.25, -0.2) is 0 Å². The van der Waals surface area contributed by atoms with Gasteiger partial charge in [-0.3, -0.25) is 4.99 Å². The average molecular weight is 349 g/mol. The summed E-state index contributed by atoms with van der Waals surface area (Å²) in [6.07, 6.45) is 3.53. The summed E-state index contributed by atoms with van der Waals surface area (Å²) in [6.45, 7) is 4.55. The van der Waals surface area contributed by atoms with E-state index >= 15 is 0 Å². The zero-order valence-corrected chi connectivity index (χ0v) is 15.4. The Morgan fingerprint density at radius 2 is 2.04 bits per heavy atom. The van der Waals surface area contributed by atoms with E-state index in [1.807, 2.05) is 0 Å². The molecule has 0 saturated carbocycles. The van der Waals surface area contributed by atoms with Crippen molar-refractivity contribution in [3.8, 4) is 0 Å². The van der Waals surface area contributed by atoms with Crippen LogP contribution in [0.2, 0.25) is 0 Å². The van der Waals surface area contributed by atoms with Gasteiger partial charge in [0.25, 0.3) is 0 Å². The number of nitrogens with one attached hydrogen (secondary N) is 2. The van der Waals surface area contributed by atoms with Crippen molar-refractivity contribution >= 4 is 5.96 Å². The van der Waals surface area contributed by atoms with Gasteiger partial charge in [-0.05, 0) is 30.4 Å². The molecule has 1 aliphatic rings. The average Bonchev–Trinajstić information content (AvgIpc) is 3.15. The Morgan fingerprint density at radius 3 is 2.72 bits per heavy atom. The van der Waals surface area contributed by atoms with Crippen molar-refractivity contribution in [2.45, 2.75) is 38.5 Å². The highest BCUT2D eigenvalue weighted by atomic mass is 16.5. The zero-order chi connectivity index (χ0) is 17.7. The van der Waals surface area contributed by atoms with E-state index in [1.54, 1.807) is 14.2 Å². The fourth-order valence-electron chi connectivity index (χ4n) is 2.70. The molecular weight excluding hydrogens is 318 g/mol. The Morgan fingerprint density at radius 1 is 1.24 bits per heavy atom. The van der Waals surface area contributed by atoms with Crippen LogP contribution in [0.5, 0.6) is 0 Å². The molecule has 1 aromatic carbocycles. The van der Waals surface area contributed by atoms with Crippen LogP contribution in [0.4, 0.5) is 0 Å². The minimum atomic E-state index is 0.303. The first-order chi connectivity index (χ1) is 12.3. The second-order valence-electron chi connectivity index (χ2n) is 6.17. The maximum atomic E-state index is 5.66. The van der Waals surface area contributed by atoms with E-state index in [2.05, 4.69) is 39.9 Å². The van der Waals surface area contributed by atoms with Crippen molar-refractivity contribution < 1.29 is 14.2 Å². The molecule has 0 radical (unpaired) electrons. The van der Waals surface area contributed by atoms with E-state index in [1.165, 1.54) is 11.1 Å². The third kappa shape index (κ3) is 7.86. The zero-order valence-electron chi connectivity index (χ0n) is 15.4. The molecule has 1 fully saturated rings. The number of benzene rings is 1. The minimum absolute atomic E-state index is 0.303. The summed E-state index contributed by atoms with van der Waals surface area (Å²) in [5.41, 5.74) is 2.39. The van der Waals surface area contributed by atoms with E-state index in [-0.39, 0.29) is 0 Å². The predicted octanol–water partition coefficient (Wildman–Crippen LogP) is 2.08. The largest absolute Gasteiger partial charge is 0.380 e. The summed E-state index contributed by atoms with van der Waals surface area (Å²) in [5.74, 6) is 0.806. The Balaban J connectivity index is 1.55. The molecule has 1 aliphatic heterocycles. The summed E-state index contributed by atoms with van der Waals surface area (Å²) in [4.78, 5) is 4.24. The number of hydrogen-bond acceptors (Lipinski definition) is 4. The lowest BCUT2D eigenvalue weighted by Gasteiger charge is -2.13. The quantitative estimate of drug-likeness (QED) is 0.385. The number of guanidine groups is 1. The Hall–Kier alpha value is -1.63. The van der Waals surface area contributed by atoms with Crippen LogP contribution in [0.1, 0.15) is 30.4 Å². The molecule has 140 valence electrons. The van der Waals surface area contributed by atoms with E-state index < -0.39 is 0 Å². The second kappa shape index (κ2) is 11.8. The molecule has 25 heavy (non-hydrogen) atoms. The molecule has 2 rings (SSSR count). The van der Waals surface area contributed by atoms with Crippen LogP contribution in [0.15, 0.2) is 29.3 Å². The van der Waals surface area contributed by atoms with Crippen LogP contribution in [-0.2, 0) is 27.4 Å². The van der Waals surface area contributed by atoms with E-state index in [0.717, 1.165) is 51.5 Å². The summed E-state index contributed by atoms with van der Waals surface area (Å²) < 4.78 is 16.3. The van der Waals surface area contributed by atoms with Crippen molar-refractivity contribution in [1.29, 1.82) is 0 Å². The number of aliphatic imine (C=N–C) groups is 1. The molecule has 0 bridgehead atoms. The van der Waals surface area contributed by atoms with Gasteiger partial charge in [0.2, 0.25) is 0 Å². The van der Waals surface area contributed by atoms with Crippen LogP contribution >= 0.6 is 0 Å². The number of rotatable bonds is 10. The fourth-order valence-corrected chi connectivity index (χ4v) is 2.70. The van der Waals surface area contributed by atoms with E-state index in [9.17, 15) is 0 Å². The molecule has 1 atom stereocenters. The molecule has 0 aliphatic carbocycles. The lowest BCUT2D eigenvalue weighted by atomic mass is 10.1. The maximum Gasteiger partial charge on any atom is 0.191 e. The van der Waals surface area contributed by atoms with Crippen molar-refractivity contribution in [2.24, 2.45) is 4.99 Å². The summed E-state index contributed by atoms with van der Waals surface area (Å²) in [7, 11) is 3.49. The van der Waals surface area contributed by atoms with Crippen LogP contribution in [0, 0.1) is 0 Å². The third-order valence-electron chi connectivity index (χ3n) is 4.10. The van der Waals surface area contributed by atoms with E-state index in [0.29, 0.717) is 19.3 Å². The summed E-state index contributed by atoms with van der Waals surface area (Å²) in [5, 5.41) is 6.63. The van der Waals surface area contributed by atoms with Gasteiger partial charge < -0.3 is 24.8 Å². The first-order valence-corrected chi connectivity index (χ1v) is 9.02. The van der Waals surface area contributed by atoms with E-state index in [4.69, 9.17) is 14.2 Å². The predicted molar refractivity (Wildman–Crippen MR) is 99.8 cm³/mol. The van der Waals surface area contributed by atoms with Gasteiger partial charge in [0.05, 0.1) is 19.3 Å². The van der Waals surface area contributed by atoms with Crippen LogP contribution < -0.4 is 10.6 Å². The maximum absolute atomic E-state index is 5.66. The Labute approximate surface area is 151 Å². The molecule has 1 saturated heterocycles. The Bertz CT molecular complexity index is 499. The van der Waals surface area contributed by atoms with Gasteiger partial charge >= 0.3 is 0 Å².